The summed E-state index contributed by atoms with van der Waals surface area (Å²) >= 11 is -1.92. The Balaban J connectivity index is 0.000000249. The van der Waals surface area contributed by atoms with E-state index in [4.69, 9.17) is 9.40 Å². The van der Waals surface area contributed by atoms with Crippen LogP contribution in [0.2, 0.25) is 56.6 Å². The topological polar surface area (TPSA) is 38.9 Å². The average Bonchev–Trinajstić information content (AvgIpc) is 3.38. The maximum atomic E-state index is 6.44. The first-order chi connectivity index (χ1) is 21.5. The SMILES string of the molecule is CC(C)c1cc(-c2[c-]ccc3c2oc2c[c]([Ge]([CH3])([CH3])[CH3])ccc23)ncc1[Si](C)(C)C.C[Si](C)(C)c1ccc(-c2[c-]cccc2)nc1.[Ir]. The van der Waals surface area contributed by atoms with E-state index in [0.29, 0.717) is 5.92 Å². The zero-order valence-corrected chi connectivity index (χ0v) is 36.3. The number of aromatic nitrogens is 2. The van der Waals surface area contributed by atoms with Gasteiger partial charge in [-0.15, -0.1) is 35.9 Å². The van der Waals surface area contributed by atoms with Crippen molar-refractivity contribution >= 4 is 66.1 Å². The standard InChI is InChI=1S/C26H32GeNOSi.C14H16NSi.Ir/c1-17(2)22-15-23(28-16-25(22)30(6,7)8)21-11-9-10-20-19-13-12-18(27(3,4)5)14-24(19)29-26(20)21;1-16(2,3)13-9-10-14(15-11-13)12-7-5-4-6-8-12;/h9-10,12-17H,1-8H3;4-7,9-11H,1-3H3;/q2*-1;. The van der Waals surface area contributed by atoms with E-state index in [9.17, 15) is 0 Å². The Morgan fingerprint density at radius 2 is 1.45 bits per heavy atom. The Morgan fingerprint density at radius 3 is 2.02 bits per heavy atom. The molecule has 7 heteroatoms. The van der Waals surface area contributed by atoms with Crippen LogP contribution in [-0.4, -0.2) is 39.4 Å². The van der Waals surface area contributed by atoms with Crippen molar-refractivity contribution in [2.24, 2.45) is 0 Å². The first-order valence-electron chi connectivity index (χ1n) is 16.4. The first kappa shape index (κ1) is 37.2. The van der Waals surface area contributed by atoms with Crippen LogP contribution in [0.4, 0.5) is 0 Å². The summed E-state index contributed by atoms with van der Waals surface area (Å²) in [4.78, 5) is 9.41. The van der Waals surface area contributed by atoms with Crippen LogP contribution in [0.15, 0.2) is 89.6 Å². The molecule has 0 bridgehead atoms. The quantitative estimate of drug-likeness (QED) is 0.124. The zero-order valence-electron chi connectivity index (χ0n) is 29.8. The van der Waals surface area contributed by atoms with E-state index in [0.717, 1.165) is 39.1 Å². The van der Waals surface area contributed by atoms with Gasteiger partial charge in [0.1, 0.15) is 0 Å². The minimum atomic E-state index is -1.92. The molecule has 3 aromatic carbocycles. The van der Waals surface area contributed by atoms with Gasteiger partial charge in [0.15, 0.2) is 0 Å². The van der Waals surface area contributed by atoms with Crippen LogP contribution in [0.25, 0.3) is 44.5 Å². The van der Waals surface area contributed by atoms with Gasteiger partial charge in [-0.25, -0.2) is 0 Å². The third-order valence-electron chi connectivity index (χ3n) is 8.54. The predicted octanol–water partition coefficient (Wildman–Crippen LogP) is 9.75. The molecule has 0 aliphatic carbocycles. The van der Waals surface area contributed by atoms with Crippen LogP contribution in [-0.2, 0) is 20.1 Å². The van der Waals surface area contributed by atoms with E-state index >= 15 is 0 Å². The third-order valence-corrected chi connectivity index (χ3v) is 16.9. The second-order valence-electron chi connectivity index (χ2n) is 15.7. The molecule has 0 saturated carbocycles. The molecule has 0 saturated heterocycles. The second kappa shape index (κ2) is 14.5. The summed E-state index contributed by atoms with van der Waals surface area (Å²) in [5.41, 5.74) is 7.27. The van der Waals surface area contributed by atoms with Gasteiger partial charge in [0.25, 0.3) is 0 Å². The summed E-state index contributed by atoms with van der Waals surface area (Å²) in [6.45, 7) is 18.7. The van der Waals surface area contributed by atoms with Crippen molar-refractivity contribution in [2.75, 3.05) is 0 Å². The van der Waals surface area contributed by atoms with E-state index in [1.54, 1.807) is 0 Å². The molecule has 47 heavy (non-hydrogen) atoms. The van der Waals surface area contributed by atoms with Crippen LogP contribution in [0.3, 0.4) is 0 Å². The zero-order chi connectivity index (χ0) is 33.4. The number of hydrogen-bond donors (Lipinski definition) is 0. The smallest absolute Gasteiger partial charge is 0.305 e. The predicted molar refractivity (Wildman–Crippen MR) is 207 cm³/mol. The molecule has 6 aromatic rings. The first-order valence-corrected chi connectivity index (χ1v) is 30.7. The van der Waals surface area contributed by atoms with Crippen LogP contribution >= 0.6 is 0 Å². The van der Waals surface area contributed by atoms with Crippen molar-refractivity contribution in [3.63, 3.8) is 0 Å². The normalized spacial score (nSPS) is 12.2. The van der Waals surface area contributed by atoms with E-state index in [-0.39, 0.29) is 20.1 Å². The monoisotopic (exact) mass is 895 g/mol. The molecule has 0 aliphatic heterocycles. The van der Waals surface area contributed by atoms with Gasteiger partial charge in [0.05, 0.1) is 8.07 Å². The van der Waals surface area contributed by atoms with Gasteiger partial charge in [-0.1, -0.05) is 31.8 Å². The van der Waals surface area contributed by atoms with Gasteiger partial charge in [-0.2, -0.15) is 0 Å². The Morgan fingerprint density at radius 1 is 0.723 bits per heavy atom. The molecule has 0 spiro atoms. The Bertz CT molecular complexity index is 1970. The molecule has 3 nitrogen and oxygen atoms in total. The van der Waals surface area contributed by atoms with Gasteiger partial charge in [0, 0.05) is 26.3 Å². The summed E-state index contributed by atoms with van der Waals surface area (Å²) in [6, 6.07) is 32.0. The molecule has 0 aliphatic rings. The van der Waals surface area contributed by atoms with Crippen molar-refractivity contribution in [1.29, 1.82) is 0 Å². The molecule has 0 amide bonds. The third kappa shape index (κ3) is 8.52. The molecule has 6 rings (SSSR count). The number of rotatable bonds is 6. The van der Waals surface area contributed by atoms with Gasteiger partial charge < -0.3 is 4.98 Å². The van der Waals surface area contributed by atoms with E-state index in [2.05, 4.69) is 136 Å². The molecule has 0 atom stereocenters. The molecular weight excluding hydrogens is 845 g/mol. The molecule has 0 fully saturated rings. The maximum absolute atomic E-state index is 6.44. The second-order valence-corrected chi connectivity index (χ2v) is 36.4. The van der Waals surface area contributed by atoms with Gasteiger partial charge in [-0.05, 0) is 10.9 Å². The Kier molecular flexibility index (Phi) is 11.5. The summed E-state index contributed by atoms with van der Waals surface area (Å²) in [5.74, 6) is 7.71. The summed E-state index contributed by atoms with van der Waals surface area (Å²) in [6.07, 6.45) is 4.12. The van der Waals surface area contributed by atoms with Crippen molar-refractivity contribution in [3.05, 3.63) is 103 Å². The van der Waals surface area contributed by atoms with E-state index in [1.165, 1.54) is 25.7 Å². The summed E-state index contributed by atoms with van der Waals surface area (Å²) in [7, 11) is -2.69. The molecule has 0 N–H and O–H groups in total. The van der Waals surface area contributed by atoms with E-state index < -0.39 is 29.4 Å². The van der Waals surface area contributed by atoms with Crippen LogP contribution in [0, 0.1) is 12.1 Å². The summed E-state index contributed by atoms with van der Waals surface area (Å²) < 4.78 is 7.90. The molecule has 247 valence electrons. The fourth-order valence-corrected chi connectivity index (χ4v) is 10.8. The van der Waals surface area contributed by atoms with Gasteiger partial charge >= 0.3 is 184 Å². The van der Waals surface area contributed by atoms with Crippen LogP contribution in [0.1, 0.15) is 25.3 Å². The Labute approximate surface area is 300 Å². The Hall–Kier alpha value is -2.61. The van der Waals surface area contributed by atoms with Crippen molar-refractivity contribution in [3.8, 4) is 22.5 Å². The fourth-order valence-electron chi connectivity index (χ4n) is 5.66. The fraction of sp³-hybridized carbons (Fsp3) is 0.300. The van der Waals surface area contributed by atoms with Gasteiger partial charge in [-0.3, -0.25) is 0 Å². The minimum Gasteiger partial charge on any atom is -0.305 e. The van der Waals surface area contributed by atoms with Crippen LogP contribution < -0.4 is 14.8 Å². The molecule has 1 radical (unpaired) electrons. The number of furan rings is 1. The molecule has 3 aromatic heterocycles. The number of benzene rings is 3. The number of hydrogen-bond acceptors (Lipinski definition) is 3. The van der Waals surface area contributed by atoms with E-state index in [1.807, 2.05) is 36.5 Å². The van der Waals surface area contributed by atoms with Crippen molar-refractivity contribution in [1.82, 2.24) is 9.97 Å². The number of fused-ring (bicyclic) bond motifs is 3. The van der Waals surface area contributed by atoms with Crippen LogP contribution in [0.5, 0.6) is 0 Å². The van der Waals surface area contributed by atoms with Crippen molar-refractivity contribution < 1.29 is 24.5 Å². The number of pyridine rings is 2. The minimum absolute atomic E-state index is 0. The number of nitrogens with zero attached hydrogens (tertiary/aromatic N) is 2. The average molecular weight is 894 g/mol. The van der Waals surface area contributed by atoms with Gasteiger partial charge in [0.2, 0.25) is 0 Å². The van der Waals surface area contributed by atoms with Crippen molar-refractivity contribution in [2.45, 2.75) is 76.3 Å². The molecular formula is C40H48GeIrN2OSi2-2. The molecule has 3 heterocycles. The molecule has 0 unspecified atom stereocenters. The summed E-state index contributed by atoms with van der Waals surface area (Å²) in [5, 5.41) is 5.17.